The van der Waals surface area contributed by atoms with Crippen LogP contribution in [0.5, 0.6) is 0 Å². The Morgan fingerprint density at radius 1 is 1.32 bits per heavy atom. The van der Waals surface area contributed by atoms with Crippen molar-refractivity contribution in [3.8, 4) is 0 Å². The molecule has 2 saturated heterocycles. The van der Waals surface area contributed by atoms with Gasteiger partial charge < -0.3 is 15.3 Å². The highest BCUT2D eigenvalue weighted by Crippen LogP contribution is 2.24. The Hall–Kier alpha value is -1.82. The van der Waals surface area contributed by atoms with Crippen LogP contribution in [-0.2, 0) is 10.0 Å². The fourth-order valence-electron chi connectivity index (χ4n) is 3.95. The molecule has 0 aliphatic carbocycles. The normalized spacial score (nSPS) is 24.6. The van der Waals surface area contributed by atoms with E-state index in [1.807, 2.05) is 19.1 Å². The number of hydrogen-bond acceptors (Lipinski definition) is 8. The van der Waals surface area contributed by atoms with E-state index in [-0.39, 0.29) is 6.54 Å². The van der Waals surface area contributed by atoms with Crippen molar-refractivity contribution in [2.75, 3.05) is 50.4 Å². The molecule has 4 rings (SSSR count). The molecule has 2 aliphatic rings. The smallest absolute Gasteiger partial charge is 0.211 e. The monoisotopic (exact) mass is 409 g/mol. The predicted molar refractivity (Wildman–Crippen MR) is 105 cm³/mol. The average Bonchev–Trinajstić information content (AvgIpc) is 2.97. The predicted octanol–water partition coefficient (Wildman–Crippen LogP) is -0.755. The van der Waals surface area contributed by atoms with Gasteiger partial charge in [-0.25, -0.2) is 8.42 Å². The van der Waals surface area contributed by atoms with Crippen molar-refractivity contribution in [2.24, 2.45) is 5.92 Å². The third-order valence-corrected chi connectivity index (χ3v) is 6.81. The minimum Gasteiger partial charge on any atom is -0.387 e. The second-order valence-corrected chi connectivity index (χ2v) is 10.0. The molecular formula is C17H27N7O3S. The van der Waals surface area contributed by atoms with Gasteiger partial charge in [0.1, 0.15) is 5.82 Å². The highest BCUT2D eigenvalue weighted by Gasteiger charge is 2.37. The molecule has 2 aromatic rings. The Kier molecular flexibility index (Phi) is 5.02. The Balaban J connectivity index is 1.25. The summed E-state index contributed by atoms with van der Waals surface area (Å²) in [6, 6.07) is 3.87. The maximum Gasteiger partial charge on any atom is 0.211 e. The summed E-state index contributed by atoms with van der Waals surface area (Å²) >= 11 is 0. The molecule has 1 unspecified atom stereocenters. The van der Waals surface area contributed by atoms with Crippen molar-refractivity contribution in [1.29, 1.82) is 0 Å². The van der Waals surface area contributed by atoms with Crippen molar-refractivity contribution in [1.82, 2.24) is 29.4 Å². The number of anilines is 1. The minimum atomic E-state index is -3.26. The van der Waals surface area contributed by atoms with Crippen LogP contribution >= 0.6 is 0 Å². The zero-order valence-corrected chi connectivity index (χ0v) is 17.1. The lowest BCUT2D eigenvalue weighted by molar-refractivity contribution is -0.00713. The lowest BCUT2D eigenvalue weighted by atomic mass is 9.93. The van der Waals surface area contributed by atoms with Gasteiger partial charge in [-0.05, 0) is 31.9 Å². The summed E-state index contributed by atoms with van der Waals surface area (Å²) in [7, 11) is -3.26. The first-order valence-electron chi connectivity index (χ1n) is 9.56. The van der Waals surface area contributed by atoms with E-state index in [2.05, 4.69) is 25.5 Å². The summed E-state index contributed by atoms with van der Waals surface area (Å²) in [6.45, 7) is 5.49. The van der Waals surface area contributed by atoms with E-state index in [1.54, 1.807) is 4.52 Å². The first-order valence-corrected chi connectivity index (χ1v) is 11.4. The van der Waals surface area contributed by atoms with Crippen LogP contribution in [0.4, 0.5) is 5.82 Å². The number of rotatable bonds is 6. The number of piperidine rings is 1. The third-order valence-electron chi connectivity index (χ3n) is 5.56. The van der Waals surface area contributed by atoms with Gasteiger partial charge in [0.25, 0.3) is 0 Å². The van der Waals surface area contributed by atoms with Crippen LogP contribution in [0.25, 0.3) is 5.65 Å². The van der Waals surface area contributed by atoms with Crippen molar-refractivity contribution >= 4 is 21.5 Å². The molecule has 0 amide bonds. The molecule has 28 heavy (non-hydrogen) atoms. The van der Waals surface area contributed by atoms with Gasteiger partial charge >= 0.3 is 0 Å². The van der Waals surface area contributed by atoms with Crippen molar-refractivity contribution in [3.63, 3.8) is 0 Å². The standard InChI is InChI=1S/C17H27N7O3S/c1-13-19-20-15-4-5-16(21-24(13)15)22-9-14(10-22)8-18-11-17(25)6-3-7-23(12-17)28(2,26)27/h4-5,14,18,25H,3,6-12H2,1-2H3. The van der Waals surface area contributed by atoms with Gasteiger partial charge in [0, 0.05) is 45.2 Å². The number of aromatic nitrogens is 4. The number of fused-ring (bicyclic) bond motifs is 1. The van der Waals surface area contributed by atoms with Crippen molar-refractivity contribution in [2.45, 2.75) is 25.4 Å². The number of sulfonamides is 1. The Morgan fingerprint density at radius 3 is 2.86 bits per heavy atom. The quantitative estimate of drug-likeness (QED) is 0.640. The average molecular weight is 410 g/mol. The second-order valence-electron chi connectivity index (χ2n) is 8.04. The molecule has 154 valence electrons. The van der Waals surface area contributed by atoms with Gasteiger partial charge in [0.2, 0.25) is 10.0 Å². The van der Waals surface area contributed by atoms with Gasteiger partial charge in [0.05, 0.1) is 11.9 Å². The molecule has 0 spiro atoms. The van der Waals surface area contributed by atoms with Gasteiger partial charge in [-0.15, -0.1) is 15.3 Å². The fraction of sp³-hybridized carbons (Fsp3) is 0.706. The molecular weight excluding hydrogens is 382 g/mol. The number of aryl methyl sites for hydroxylation is 1. The number of nitrogens with one attached hydrogen (secondary N) is 1. The van der Waals surface area contributed by atoms with Crippen LogP contribution < -0.4 is 10.2 Å². The molecule has 11 heteroatoms. The topological polar surface area (TPSA) is 116 Å². The van der Waals surface area contributed by atoms with E-state index < -0.39 is 15.6 Å². The van der Waals surface area contributed by atoms with Crippen LogP contribution in [-0.4, -0.2) is 88.8 Å². The number of aliphatic hydroxyl groups is 1. The number of nitrogens with zero attached hydrogens (tertiary/aromatic N) is 6. The highest BCUT2D eigenvalue weighted by molar-refractivity contribution is 7.88. The molecule has 2 fully saturated rings. The molecule has 0 radical (unpaired) electrons. The van der Waals surface area contributed by atoms with E-state index in [0.717, 1.165) is 36.9 Å². The van der Waals surface area contributed by atoms with E-state index >= 15 is 0 Å². The molecule has 4 heterocycles. The van der Waals surface area contributed by atoms with E-state index in [4.69, 9.17) is 0 Å². The summed E-state index contributed by atoms with van der Waals surface area (Å²) in [4.78, 5) is 2.20. The van der Waals surface area contributed by atoms with E-state index in [1.165, 1.54) is 10.6 Å². The zero-order valence-electron chi connectivity index (χ0n) is 16.2. The van der Waals surface area contributed by atoms with E-state index in [0.29, 0.717) is 31.8 Å². The van der Waals surface area contributed by atoms with E-state index in [9.17, 15) is 13.5 Å². The van der Waals surface area contributed by atoms with Crippen LogP contribution in [0.3, 0.4) is 0 Å². The Bertz CT molecular complexity index is 957. The SMILES string of the molecule is Cc1nnc2ccc(N3CC(CNCC4(O)CCCN(S(C)(=O)=O)C4)C3)nn12. The third kappa shape index (κ3) is 3.97. The lowest BCUT2D eigenvalue weighted by Crippen LogP contribution is -2.57. The highest BCUT2D eigenvalue weighted by atomic mass is 32.2. The van der Waals surface area contributed by atoms with Crippen LogP contribution in [0.2, 0.25) is 0 Å². The molecule has 2 aliphatic heterocycles. The molecule has 0 saturated carbocycles. The number of β-amino-alcohol motifs (C(OH)–C–C–N with tert-alkyl or cyclic N) is 1. The number of hydrogen-bond donors (Lipinski definition) is 2. The Labute approximate surface area is 164 Å². The van der Waals surface area contributed by atoms with Crippen LogP contribution in [0, 0.1) is 12.8 Å². The molecule has 1 atom stereocenters. The molecule has 0 aromatic carbocycles. The summed E-state index contributed by atoms with van der Waals surface area (Å²) in [5, 5.41) is 26.7. The molecule has 2 aromatic heterocycles. The lowest BCUT2D eigenvalue weighted by Gasteiger charge is -2.41. The van der Waals surface area contributed by atoms with Gasteiger partial charge in [-0.3, -0.25) is 0 Å². The van der Waals surface area contributed by atoms with Gasteiger partial charge in [-0.2, -0.15) is 8.82 Å². The summed E-state index contributed by atoms with van der Waals surface area (Å²) in [6.07, 6.45) is 2.49. The molecule has 0 bridgehead atoms. The Morgan fingerprint density at radius 2 is 2.11 bits per heavy atom. The zero-order chi connectivity index (χ0) is 19.9. The second kappa shape index (κ2) is 7.21. The molecule has 10 nitrogen and oxygen atoms in total. The molecule has 2 N–H and O–H groups in total. The largest absolute Gasteiger partial charge is 0.387 e. The fourth-order valence-corrected chi connectivity index (χ4v) is 4.88. The summed E-state index contributed by atoms with van der Waals surface area (Å²) < 4.78 is 26.6. The van der Waals surface area contributed by atoms with Gasteiger partial charge in [0.15, 0.2) is 11.5 Å². The summed E-state index contributed by atoms with van der Waals surface area (Å²) in [5.41, 5.74) is -0.257. The van der Waals surface area contributed by atoms with Crippen molar-refractivity contribution in [3.05, 3.63) is 18.0 Å². The minimum absolute atomic E-state index is 0.165. The van der Waals surface area contributed by atoms with Crippen molar-refractivity contribution < 1.29 is 13.5 Å². The first kappa shape index (κ1) is 19.5. The maximum absolute atomic E-state index is 11.7. The van der Waals surface area contributed by atoms with Crippen LogP contribution in [0.15, 0.2) is 12.1 Å². The summed E-state index contributed by atoms with van der Waals surface area (Å²) in [5.74, 6) is 2.14. The maximum atomic E-state index is 11.7. The van der Waals surface area contributed by atoms with Crippen LogP contribution in [0.1, 0.15) is 18.7 Å². The first-order chi connectivity index (χ1) is 13.2. The van der Waals surface area contributed by atoms with Gasteiger partial charge in [-0.1, -0.05) is 0 Å².